The van der Waals surface area contributed by atoms with Crippen LogP contribution in [-0.4, -0.2) is 16.8 Å². The van der Waals surface area contributed by atoms with Crippen molar-refractivity contribution in [2.45, 2.75) is 46.1 Å². The van der Waals surface area contributed by atoms with Crippen molar-refractivity contribution in [2.24, 2.45) is 4.99 Å². The minimum absolute atomic E-state index is 0.0681. The Morgan fingerprint density at radius 1 is 1.19 bits per heavy atom. The van der Waals surface area contributed by atoms with Gasteiger partial charge >= 0.3 is 0 Å². The van der Waals surface area contributed by atoms with E-state index in [1.165, 1.54) is 5.57 Å². The van der Waals surface area contributed by atoms with Gasteiger partial charge in [-0.3, -0.25) is 9.79 Å². The third-order valence-electron chi connectivity index (χ3n) is 4.76. The molecule has 1 heterocycles. The second kappa shape index (κ2) is 8.50. The molecular weight excluding hydrogens is 344 g/mol. The number of halogens is 1. The maximum Gasteiger partial charge on any atom is 0.251 e. The van der Waals surface area contributed by atoms with Crippen LogP contribution in [0.4, 0.5) is 0 Å². The van der Waals surface area contributed by atoms with Crippen molar-refractivity contribution in [1.82, 2.24) is 4.57 Å². The number of pyridine rings is 1. The Hall–Kier alpha value is -2.13. The van der Waals surface area contributed by atoms with Crippen LogP contribution in [0.25, 0.3) is 0 Å². The van der Waals surface area contributed by atoms with Gasteiger partial charge in [0, 0.05) is 41.1 Å². The van der Waals surface area contributed by atoms with Crippen LogP contribution in [0.1, 0.15) is 43.5 Å². The molecule has 0 saturated heterocycles. The van der Waals surface area contributed by atoms with E-state index in [4.69, 9.17) is 16.6 Å². The summed E-state index contributed by atoms with van der Waals surface area (Å²) >= 11 is 6.23. The van der Waals surface area contributed by atoms with Gasteiger partial charge in [-0.05, 0) is 57.2 Å². The predicted molar refractivity (Wildman–Crippen MR) is 110 cm³/mol. The second-order valence-corrected chi connectivity index (χ2v) is 7.35. The number of aliphatic imine (C=N–C) groups is 1. The van der Waals surface area contributed by atoms with E-state index in [0.717, 1.165) is 53.2 Å². The molecule has 0 aliphatic heterocycles. The minimum Gasteiger partial charge on any atom is -0.308 e. The molecule has 1 aliphatic carbocycles. The number of benzene rings is 1. The molecule has 0 N–H and O–H groups in total. The first-order valence-corrected chi connectivity index (χ1v) is 9.57. The van der Waals surface area contributed by atoms with Gasteiger partial charge in [-0.25, -0.2) is 0 Å². The highest BCUT2D eigenvalue weighted by Crippen LogP contribution is 2.21. The summed E-state index contributed by atoms with van der Waals surface area (Å²) < 4.78 is 1.89. The first-order valence-electron chi connectivity index (χ1n) is 9.19. The molecule has 0 unspecified atom stereocenters. The van der Waals surface area contributed by atoms with Gasteiger partial charge in [0.2, 0.25) is 0 Å². The summed E-state index contributed by atoms with van der Waals surface area (Å²) in [7, 11) is 0. The van der Waals surface area contributed by atoms with Crippen LogP contribution >= 0.6 is 11.6 Å². The highest BCUT2D eigenvalue weighted by molar-refractivity contribution is 6.31. The normalized spacial score (nSPS) is 15.0. The van der Waals surface area contributed by atoms with Crippen molar-refractivity contribution in [3.8, 4) is 0 Å². The lowest BCUT2D eigenvalue weighted by Crippen LogP contribution is -2.28. The van der Waals surface area contributed by atoms with Crippen molar-refractivity contribution < 1.29 is 0 Å². The zero-order valence-corrected chi connectivity index (χ0v) is 16.2. The van der Waals surface area contributed by atoms with E-state index in [1.807, 2.05) is 28.8 Å². The van der Waals surface area contributed by atoms with Crippen LogP contribution in [-0.2, 0) is 19.4 Å². The van der Waals surface area contributed by atoms with E-state index in [9.17, 15) is 4.79 Å². The molecule has 3 rings (SSSR count). The Morgan fingerprint density at radius 3 is 2.77 bits per heavy atom. The number of rotatable bonds is 5. The molecule has 0 amide bonds. The maximum absolute atomic E-state index is 12.3. The molecule has 0 fully saturated rings. The summed E-state index contributed by atoms with van der Waals surface area (Å²) in [5.74, 6) is 0. The van der Waals surface area contributed by atoms with Crippen molar-refractivity contribution in [1.29, 1.82) is 0 Å². The Kier molecular flexibility index (Phi) is 6.10. The maximum atomic E-state index is 12.3. The average molecular weight is 369 g/mol. The average Bonchev–Trinajstić information content (AvgIpc) is 2.62. The Bertz CT molecular complexity index is 905. The van der Waals surface area contributed by atoms with Crippen LogP contribution in [0.15, 0.2) is 57.8 Å². The van der Waals surface area contributed by atoms with E-state index in [-0.39, 0.29) is 5.56 Å². The molecule has 1 aromatic heterocycles. The summed E-state index contributed by atoms with van der Waals surface area (Å²) in [4.78, 5) is 17.2. The monoisotopic (exact) mass is 368 g/mol. The number of nitrogens with zero attached hydrogens (tertiary/aromatic N) is 2. The van der Waals surface area contributed by atoms with Gasteiger partial charge in [-0.15, -0.1) is 0 Å². The molecule has 0 atom stereocenters. The van der Waals surface area contributed by atoms with Gasteiger partial charge in [-0.1, -0.05) is 41.4 Å². The standard InChI is InChI=1S/C22H25ClN2O/c1-16(2)13-15-25-21-9-5-8-20(18(21)10-11-22(25)26)24-14-12-17-6-3-4-7-19(17)23/h3-4,6-7,10-11,13H,5,8-9,12,14-15H2,1-2H3. The topological polar surface area (TPSA) is 34.4 Å². The summed E-state index contributed by atoms with van der Waals surface area (Å²) in [5, 5.41) is 0.798. The van der Waals surface area contributed by atoms with Crippen molar-refractivity contribution >= 4 is 17.3 Å². The third-order valence-corrected chi connectivity index (χ3v) is 5.13. The van der Waals surface area contributed by atoms with E-state index in [0.29, 0.717) is 13.1 Å². The Labute approximate surface area is 160 Å². The zero-order chi connectivity index (χ0) is 18.5. The lowest BCUT2D eigenvalue weighted by molar-refractivity contribution is 0.673. The second-order valence-electron chi connectivity index (χ2n) is 6.95. The molecular formula is C22H25ClN2O. The molecule has 136 valence electrons. The number of allylic oxidation sites excluding steroid dienone is 2. The molecule has 1 aromatic carbocycles. The van der Waals surface area contributed by atoms with E-state index in [2.05, 4.69) is 26.0 Å². The highest BCUT2D eigenvalue weighted by Gasteiger charge is 2.18. The molecule has 1 aliphatic rings. The summed E-state index contributed by atoms with van der Waals surface area (Å²) in [5.41, 5.74) is 5.79. The Morgan fingerprint density at radius 2 is 2.00 bits per heavy atom. The third kappa shape index (κ3) is 4.34. The van der Waals surface area contributed by atoms with Crippen LogP contribution in [0.3, 0.4) is 0 Å². The smallest absolute Gasteiger partial charge is 0.251 e. The first-order chi connectivity index (χ1) is 12.6. The quantitative estimate of drug-likeness (QED) is 0.695. The van der Waals surface area contributed by atoms with Crippen molar-refractivity contribution in [3.63, 3.8) is 0 Å². The van der Waals surface area contributed by atoms with Gasteiger partial charge in [0.1, 0.15) is 0 Å². The predicted octanol–water partition coefficient (Wildman–Crippen LogP) is 4.84. The summed E-state index contributed by atoms with van der Waals surface area (Å²) in [6.07, 6.45) is 5.87. The SMILES string of the molecule is CC(C)=CCn1c2c(ccc1=O)C(=NCCc1ccccc1Cl)CCC2. The summed E-state index contributed by atoms with van der Waals surface area (Å²) in [6.45, 7) is 5.47. The number of fused-ring (bicyclic) bond motifs is 1. The largest absolute Gasteiger partial charge is 0.308 e. The number of aromatic nitrogens is 1. The number of hydrogen-bond donors (Lipinski definition) is 0. The number of hydrogen-bond acceptors (Lipinski definition) is 2. The van der Waals surface area contributed by atoms with E-state index >= 15 is 0 Å². The molecule has 26 heavy (non-hydrogen) atoms. The van der Waals surface area contributed by atoms with Crippen LogP contribution < -0.4 is 5.56 Å². The fourth-order valence-corrected chi connectivity index (χ4v) is 3.59. The van der Waals surface area contributed by atoms with Crippen LogP contribution in [0.2, 0.25) is 5.02 Å². The van der Waals surface area contributed by atoms with Crippen molar-refractivity contribution in [2.75, 3.05) is 6.54 Å². The van der Waals surface area contributed by atoms with Crippen molar-refractivity contribution in [3.05, 3.63) is 80.2 Å². The van der Waals surface area contributed by atoms with Gasteiger partial charge in [0.25, 0.3) is 5.56 Å². The molecule has 0 saturated carbocycles. The molecule has 0 radical (unpaired) electrons. The fourth-order valence-electron chi connectivity index (χ4n) is 3.36. The fraction of sp³-hybridized carbons (Fsp3) is 0.364. The van der Waals surface area contributed by atoms with Gasteiger partial charge in [-0.2, -0.15) is 0 Å². The molecule has 4 heteroatoms. The van der Waals surface area contributed by atoms with E-state index in [1.54, 1.807) is 6.07 Å². The van der Waals surface area contributed by atoms with Crippen LogP contribution in [0, 0.1) is 0 Å². The minimum atomic E-state index is 0.0681. The highest BCUT2D eigenvalue weighted by atomic mass is 35.5. The van der Waals surface area contributed by atoms with Gasteiger partial charge < -0.3 is 4.57 Å². The summed E-state index contributed by atoms with van der Waals surface area (Å²) in [6, 6.07) is 11.5. The van der Waals surface area contributed by atoms with Crippen LogP contribution in [0.5, 0.6) is 0 Å². The Balaban J connectivity index is 1.84. The zero-order valence-electron chi connectivity index (χ0n) is 15.5. The molecule has 3 nitrogen and oxygen atoms in total. The van der Waals surface area contributed by atoms with Gasteiger partial charge in [0.15, 0.2) is 0 Å². The lowest BCUT2D eigenvalue weighted by atomic mass is 9.93. The lowest BCUT2D eigenvalue weighted by Gasteiger charge is -2.22. The molecule has 2 aromatic rings. The van der Waals surface area contributed by atoms with Gasteiger partial charge in [0.05, 0.1) is 0 Å². The van der Waals surface area contributed by atoms with E-state index < -0.39 is 0 Å². The molecule has 0 bridgehead atoms. The first kappa shape index (κ1) is 18.7. The molecule has 0 spiro atoms.